The fourth-order valence-electron chi connectivity index (χ4n) is 3.01. The predicted octanol–water partition coefficient (Wildman–Crippen LogP) is 6.16. The minimum Gasteiger partial charge on any atom is -0.423 e. The second kappa shape index (κ2) is 9.17. The fourth-order valence-corrected chi connectivity index (χ4v) is 3.01. The van der Waals surface area contributed by atoms with Gasteiger partial charge in [0.25, 0.3) is 0 Å². The number of carbonyl (C=O) groups excluding carboxylic acids is 1. The van der Waals surface area contributed by atoms with E-state index in [2.05, 4.69) is 17.2 Å². The summed E-state index contributed by atoms with van der Waals surface area (Å²) in [5.41, 5.74) is 2.62. The molecule has 1 amide bonds. The highest BCUT2D eigenvalue weighted by Crippen LogP contribution is 2.34. The molecule has 0 aliphatic rings. The van der Waals surface area contributed by atoms with Gasteiger partial charge in [-0.2, -0.15) is 4.98 Å². The van der Waals surface area contributed by atoms with Crippen LogP contribution in [0.4, 0.5) is 6.01 Å². The Labute approximate surface area is 160 Å². The Hall–Kier alpha value is -2.88. The van der Waals surface area contributed by atoms with E-state index >= 15 is 0 Å². The lowest BCUT2D eigenvalue weighted by atomic mass is 10.0. The van der Waals surface area contributed by atoms with Gasteiger partial charge in [0.15, 0.2) is 5.76 Å². The van der Waals surface area contributed by atoms with E-state index in [0.29, 0.717) is 5.76 Å². The highest BCUT2D eigenvalue weighted by atomic mass is 16.4. The summed E-state index contributed by atoms with van der Waals surface area (Å²) in [7, 11) is 0. The number of carbonyl (C=O) groups is 1. The molecule has 0 fully saturated rings. The van der Waals surface area contributed by atoms with Crippen LogP contribution < -0.4 is 5.32 Å². The average Bonchev–Trinajstić information content (AvgIpc) is 3.13. The van der Waals surface area contributed by atoms with E-state index in [-0.39, 0.29) is 17.8 Å². The lowest BCUT2D eigenvalue weighted by Gasteiger charge is -2.09. The summed E-state index contributed by atoms with van der Waals surface area (Å²) in [5.74, 6) is 0.547. The van der Waals surface area contributed by atoms with Crippen molar-refractivity contribution in [2.75, 3.05) is 5.32 Å². The SMILES string of the molecule is CCCCCC(C)C(=O)Nc1nc(-c2ccccc2)c(-c2ccccc2)o1. The molecule has 0 aliphatic heterocycles. The quantitative estimate of drug-likeness (QED) is 0.488. The van der Waals surface area contributed by atoms with Gasteiger partial charge in [-0.3, -0.25) is 10.1 Å². The summed E-state index contributed by atoms with van der Waals surface area (Å²) in [5, 5.41) is 2.85. The second-order valence-corrected chi connectivity index (χ2v) is 6.81. The maximum absolute atomic E-state index is 12.5. The van der Waals surface area contributed by atoms with E-state index in [1.807, 2.05) is 67.6 Å². The molecule has 3 rings (SSSR count). The van der Waals surface area contributed by atoms with Gasteiger partial charge in [-0.15, -0.1) is 0 Å². The minimum atomic E-state index is -0.0659. The van der Waals surface area contributed by atoms with Crippen LogP contribution in [0, 0.1) is 5.92 Å². The molecule has 0 spiro atoms. The van der Waals surface area contributed by atoms with Gasteiger partial charge in [-0.1, -0.05) is 93.8 Å². The number of benzene rings is 2. The van der Waals surface area contributed by atoms with Gasteiger partial charge in [0.2, 0.25) is 5.91 Å². The van der Waals surface area contributed by atoms with Crippen molar-refractivity contribution in [1.29, 1.82) is 0 Å². The summed E-state index contributed by atoms with van der Waals surface area (Å²) in [4.78, 5) is 17.1. The van der Waals surface area contributed by atoms with Crippen LogP contribution in [0.25, 0.3) is 22.6 Å². The third-order valence-electron chi connectivity index (χ3n) is 4.63. The zero-order valence-corrected chi connectivity index (χ0v) is 15.9. The van der Waals surface area contributed by atoms with E-state index in [0.717, 1.165) is 42.5 Å². The molecule has 27 heavy (non-hydrogen) atoms. The van der Waals surface area contributed by atoms with Gasteiger partial charge in [0.05, 0.1) is 0 Å². The van der Waals surface area contributed by atoms with E-state index in [1.54, 1.807) is 0 Å². The molecule has 0 radical (unpaired) electrons. The molecule has 1 aromatic heterocycles. The van der Waals surface area contributed by atoms with Crippen LogP contribution in [-0.4, -0.2) is 10.9 Å². The second-order valence-electron chi connectivity index (χ2n) is 6.81. The molecule has 0 saturated heterocycles. The van der Waals surface area contributed by atoms with Crippen LogP contribution in [0.2, 0.25) is 0 Å². The van der Waals surface area contributed by atoms with E-state index in [9.17, 15) is 4.79 Å². The Morgan fingerprint density at radius 3 is 2.26 bits per heavy atom. The lowest BCUT2D eigenvalue weighted by Crippen LogP contribution is -2.20. The Morgan fingerprint density at radius 2 is 1.63 bits per heavy atom. The minimum absolute atomic E-state index is 0.0495. The van der Waals surface area contributed by atoms with Gasteiger partial charge >= 0.3 is 6.01 Å². The molecule has 0 aliphatic carbocycles. The first kappa shape index (κ1) is 18.9. The lowest BCUT2D eigenvalue weighted by molar-refractivity contribution is -0.119. The number of oxazole rings is 1. The largest absolute Gasteiger partial charge is 0.423 e. The maximum Gasteiger partial charge on any atom is 0.302 e. The Balaban J connectivity index is 1.85. The summed E-state index contributed by atoms with van der Waals surface area (Å²) in [6.45, 7) is 4.11. The zero-order valence-electron chi connectivity index (χ0n) is 15.9. The van der Waals surface area contributed by atoms with Crippen LogP contribution in [0.3, 0.4) is 0 Å². The van der Waals surface area contributed by atoms with E-state index in [4.69, 9.17) is 4.42 Å². The molecule has 4 heteroatoms. The Morgan fingerprint density at radius 1 is 1.00 bits per heavy atom. The van der Waals surface area contributed by atoms with Crippen molar-refractivity contribution >= 4 is 11.9 Å². The Kier molecular flexibility index (Phi) is 6.42. The summed E-state index contributed by atoms with van der Waals surface area (Å²) in [6, 6.07) is 20.0. The van der Waals surface area contributed by atoms with Gasteiger partial charge in [-0.05, 0) is 6.42 Å². The maximum atomic E-state index is 12.5. The van der Waals surface area contributed by atoms with Crippen molar-refractivity contribution in [1.82, 2.24) is 4.98 Å². The van der Waals surface area contributed by atoms with Gasteiger partial charge in [-0.25, -0.2) is 0 Å². The highest BCUT2D eigenvalue weighted by Gasteiger charge is 2.20. The van der Waals surface area contributed by atoms with Gasteiger partial charge in [0.1, 0.15) is 5.69 Å². The van der Waals surface area contributed by atoms with Crippen molar-refractivity contribution in [3.05, 3.63) is 60.7 Å². The van der Waals surface area contributed by atoms with Crippen LogP contribution in [0.1, 0.15) is 39.5 Å². The normalized spacial score (nSPS) is 11.9. The molecular formula is C23H26N2O2. The van der Waals surface area contributed by atoms with Crippen LogP contribution in [0.15, 0.2) is 65.1 Å². The Bertz CT molecular complexity index is 800. The number of aromatic nitrogens is 1. The molecule has 1 heterocycles. The van der Waals surface area contributed by atoms with Gasteiger partial charge in [0, 0.05) is 17.0 Å². The van der Waals surface area contributed by atoms with Crippen LogP contribution in [-0.2, 0) is 4.79 Å². The third-order valence-corrected chi connectivity index (χ3v) is 4.63. The monoisotopic (exact) mass is 362 g/mol. The van der Waals surface area contributed by atoms with Crippen molar-refractivity contribution < 1.29 is 9.21 Å². The molecule has 1 N–H and O–H groups in total. The number of unbranched alkanes of at least 4 members (excludes halogenated alkanes) is 2. The first-order valence-electron chi connectivity index (χ1n) is 9.61. The standard InChI is InChI=1S/C23H26N2O2/c1-3-4-7-12-17(2)22(26)25-23-24-20(18-13-8-5-9-14-18)21(27-23)19-15-10-6-11-16-19/h5-6,8-11,13-17H,3-4,7,12H2,1-2H3,(H,24,25,26). The van der Waals surface area contributed by atoms with Crippen LogP contribution in [0.5, 0.6) is 0 Å². The molecule has 3 aromatic rings. The molecule has 1 unspecified atom stereocenters. The topological polar surface area (TPSA) is 55.1 Å². The number of nitrogens with one attached hydrogen (secondary N) is 1. The van der Waals surface area contributed by atoms with Crippen molar-refractivity contribution in [3.63, 3.8) is 0 Å². The number of hydrogen-bond donors (Lipinski definition) is 1. The van der Waals surface area contributed by atoms with Crippen LogP contribution >= 0.6 is 0 Å². The fraction of sp³-hybridized carbons (Fsp3) is 0.304. The molecule has 2 aromatic carbocycles. The van der Waals surface area contributed by atoms with E-state index in [1.165, 1.54) is 0 Å². The molecule has 0 bridgehead atoms. The summed E-state index contributed by atoms with van der Waals surface area (Å²) in [6.07, 6.45) is 4.22. The number of rotatable bonds is 8. The molecular weight excluding hydrogens is 336 g/mol. The zero-order chi connectivity index (χ0) is 19.1. The average molecular weight is 362 g/mol. The number of amides is 1. The first-order valence-corrected chi connectivity index (χ1v) is 9.61. The first-order chi connectivity index (χ1) is 13.2. The summed E-state index contributed by atoms with van der Waals surface area (Å²) < 4.78 is 5.96. The van der Waals surface area contributed by atoms with Crippen molar-refractivity contribution in [2.45, 2.75) is 39.5 Å². The van der Waals surface area contributed by atoms with Crippen molar-refractivity contribution in [3.8, 4) is 22.6 Å². The smallest absolute Gasteiger partial charge is 0.302 e. The third kappa shape index (κ3) is 4.85. The molecule has 4 nitrogen and oxygen atoms in total. The number of nitrogens with zero attached hydrogens (tertiary/aromatic N) is 1. The summed E-state index contributed by atoms with van der Waals surface area (Å²) >= 11 is 0. The van der Waals surface area contributed by atoms with E-state index < -0.39 is 0 Å². The van der Waals surface area contributed by atoms with Gasteiger partial charge < -0.3 is 4.42 Å². The molecule has 0 saturated carbocycles. The number of hydrogen-bond acceptors (Lipinski definition) is 3. The predicted molar refractivity (Wildman–Crippen MR) is 109 cm³/mol. The molecule has 1 atom stereocenters. The molecule has 140 valence electrons. The number of anilines is 1. The highest BCUT2D eigenvalue weighted by molar-refractivity contribution is 5.91. The van der Waals surface area contributed by atoms with Crippen molar-refractivity contribution in [2.24, 2.45) is 5.92 Å².